The number of amides is 1. The number of halogens is 3. The number of aryl methyl sites for hydroxylation is 1. The summed E-state index contributed by atoms with van der Waals surface area (Å²) in [7, 11) is 0. The quantitative estimate of drug-likeness (QED) is 0.613. The van der Waals surface area contributed by atoms with Crippen LogP contribution < -0.4 is 22.1 Å². The van der Waals surface area contributed by atoms with Crippen LogP contribution in [0, 0.1) is 12.7 Å². The minimum Gasteiger partial charge on any atom is -0.365 e. The molecule has 146 valence electrons. The maximum Gasteiger partial charge on any atom is 0.264 e. The van der Waals surface area contributed by atoms with Gasteiger partial charge < -0.3 is 22.1 Å². The van der Waals surface area contributed by atoms with Crippen LogP contribution in [-0.2, 0) is 0 Å². The molecule has 1 aliphatic rings. The molecule has 1 saturated carbocycles. The second-order valence-corrected chi connectivity index (χ2v) is 7.27. The van der Waals surface area contributed by atoms with Crippen LogP contribution in [0.25, 0.3) is 0 Å². The molecule has 2 aromatic rings. The smallest absolute Gasteiger partial charge is 0.264 e. The summed E-state index contributed by atoms with van der Waals surface area (Å²) in [6.45, 7) is 1.78. The molecule has 3 rings (SSSR count). The third-order valence-corrected chi connectivity index (χ3v) is 5.18. The molecule has 0 spiro atoms. The van der Waals surface area contributed by atoms with Crippen molar-refractivity contribution >= 4 is 34.1 Å². The Kier molecular flexibility index (Phi) is 5.24. The number of aromatic nitrogens is 2. The molecule has 0 aromatic carbocycles. The zero-order valence-electron chi connectivity index (χ0n) is 14.4. The Bertz CT molecular complexity index is 859. The maximum atomic E-state index is 14.4. The van der Waals surface area contributed by atoms with Crippen LogP contribution in [0.4, 0.5) is 29.8 Å². The van der Waals surface area contributed by atoms with Crippen molar-refractivity contribution in [3.05, 3.63) is 29.2 Å². The van der Waals surface area contributed by atoms with Crippen molar-refractivity contribution in [3.63, 3.8) is 0 Å². The number of hydrogen-bond donors (Lipinski definition) is 4. The van der Waals surface area contributed by atoms with Gasteiger partial charge in [0.1, 0.15) is 10.8 Å². The fraction of sp³-hybridized carbons (Fsp3) is 0.438. The number of pyridine rings is 1. The number of carbonyl (C=O) groups excluding carboxylic acids is 1. The third kappa shape index (κ3) is 4.14. The number of nitrogens with two attached hydrogens (primary N) is 2. The van der Waals surface area contributed by atoms with E-state index in [2.05, 4.69) is 20.0 Å². The summed E-state index contributed by atoms with van der Waals surface area (Å²) in [5.74, 6) is -5.07. The Morgan fingerprint density at radius 1 is 1.37 bits per heavy atom. The average Bonchev–Trinajstić information content (AvgIpc) is 2.99. The van der Waals surface area contributed by atoms with Gasteiger partial charge >= 0.3 is 0 Å². The summed E-state index contributed by atoms with van der Waals surface area (Å²) in [4.78, 5) is 15.7. The Morgan fingerprint density at radius 2 is 2.11 bits per heavy atom. The van der Waals surface area contributed by atoms with Gasteiger partial charge in [-0.2, -0.15) is 4.37 Å². The molecule has 1 fully saturated rings. The number of anilines is 3. The average molecular weight is 400 g/mol. The van der Waals surface area contributed by atoms with Crippen LogP contribution in [-0.4, -0.2) is 33.3 Å². The minimum absolute atomic E-state index is 0.00573. The summed E-state index contributed by atoms with van der Waals surface area (Å²) in [6, 6.07) is 0.309. The summed E-state index contributed by atoms with van der Waals surface area (Å²) >= 11 is 1.12. The predicted molar refractivity (Wildman–Crippen MR) is 97.0 cm³/mol. The van der Waals surface area contributed by atoms with E-state index >= 15 is 0 Å². The zero-order chi connectivity index (χ0) is 19.8. The van der Waals surface area contributed by atoms with E-state index in [0.29, 0.717) is 11.4 Å². The molecule has 1 amide bonds. The molecule has 0 aliphatic heterocycles. The van der Waals surface area contributed by atoms with Crippen molar-refractivity contribution in [3.8, 4) is 0 Å². The van der Waals surface area contributed by atoms with Crippen molar-refractivity contribution < 1.29 is 18.0 Å². The fourth-order valence-corrected chi connectivity index (χ4v) is 3.61. The molecule has 1 aliphatic carbocycles. The van der Waals surface area contributed by atoms with E-state index in [1.54, 1.807) is 13.0 Å². The fourth-order valence-electron chi connectivity index (χ4n) is 2.95. The van der Waals surface area contributed by atoms with E-state index in [4.69, 9.17) is 11.5 Å². The molecule has 6 N–H and O–H groups in total. The number of primary amides is 1. The Balaban J connectivity index is 1.91. The van der Waals surface area contributed by atoms with Crippen molar-refractivity contribution in [2.75, 3.05) is 10.6 Å². The van der Waals surface area contributed by atoms with Crippen molar-refractivity contribution in [2.24, 2.45) is 11.5 Å². The predicted octanol–water partition coefficient (Wildman–Crippen LogP) is 2.76. The first-order valence-electron chi connectivity index (χ1n) is 8.28. The molecule has 11 heteroatoms. The van der Waals surface area contributed by atoms with E-state index in [1.165, 1.54) is 0 Å². The van der Waals surface area contributed by atoms with Gasteiger partial charge in [0.15, 0.2) is 11.6 Å². The van der Waals surface area contributed by atoms with Gasteiger partial charge in [-0.3, -0.25) is 4.79 Å². The summed E-state index contributed by atoms with van der Waals surface area (Å²) in [5, 5.41) is 6.09. The molecule has 7 nitrogen and oxygen atoms in total. The van der Waals surface area contributed by atoms with Gasteiger partial charge in [-0.25, -0.2) is 18.2 Å². The lowest BCUT2D eigenvalue weighted by molar-refractivity contribution is -0.0555. The third-order valence-electron chi connectivity index (χ3n) is 4.38. The molecule has 2 heterocycles. The highest BCUT2D eigenvalue weighted by Gasteiger charge is 2.45. The van der Waals surface area contributed by atoms with Gasteiger partial charge in [0.2, 0.25) is 0 Å². The number of alkyl halides is 2. The summed E-state index contributed by atoms with van der Waals surface area (Å²) in [5.41, 5.74) is 11.5. The van der Waals surface area contributed by atoms with Gasteiger partial charge in [0, 0.05) is 12.5 Å². The molecular formula is C16H19F3N6OS. The van der Waals surface area contributed by atoms with Gasteiger partial charge in [0.05, 0.1) is 17.3 Å². The Morgan fingerprint density at radius 3 is 2.74 bits per heavy atom. The first-order chi connectivity index (χ1) is 12.7. The van der Waals surface area contributed by atoms with Crippen LogP contribution in [0.2, 0.25) is 0 Å². The van der Waals surface area contributed by atoms with E-state index in [9.17, 15) is 18.0 Å². The molecule has 0 unspecified atom stereocenters. The lowest BCUT2D eigenvalue weighted by atomic mass is 9.87. The van der Waals surface area contributed by atoms with E-state index < -0.39 is 29.7 Å². The van der Waals surface area contributed by atoms with Crippen LogP contribution in [0.5, 0.6) is 0 Å². The molecule has 2 atom stereocenters. The standard InChI is InChI=1S/C16H19F3N6OS/c1-7-5-11(27-25-7)23-14-8(13(21)26)6-9(17)15(24-14)22-10-3-2-4-16(18,19)12(10)20/h5-6,10,12H,2-4,20H2,1H3,(H2,21,26)(H2,22,23,24)/t10-,12-/m1/s1. The van der Waals surface area contributed by atoms with E-state index in [1.807, 2.05) is 0 Å². The van der Waals surface area contributed by atoms with Crippen LogP contribution in [0.15, 0.2) is 12.1 Å². The van der Waals surface area contributed by atoms with Gasteiger partial charge in [-0.15, -0.1) is 0 Å². The minimum atomic E-state index is -3.04. The first kappa shape index (κ1) is 19.4. The summed E-state index contributed by atoms with van der Waals surface area (Å²) in [6.07, 6.45) is 0.303. The normalized spacial score (nSPS) is 21.7. The lowest BCUT2D eigenvalue weighted by Crippen LogP contribution is -2.55. The first-order valence-corrected chi connectivity index (χ1v) is 9.05. The van der Waals surface area contributed by atoms with Crippen LogP contribution in [0.1, 0.15) is 35.3 Å². The molecule has 2 aromatic heterocycles. The lowest BCUT2D eigenvalue weighted by Gasteiger charge is -2.36. The van der Waals surface area contributed by atoms with Crippen molar-refractivity contribution in [1.82, 2.24) is 9.36 Å². The number of nitrogens with one attached hydrogen (secondary N) is 2. The zero-order valence-corrected chi connectivity index (χ0v) is 15.2. The van der Waals surface area contributed by atoms with Gasteiger partial charge in [0.25, 0.3) is 11.8 Å². The Hall–Kier alpha value is -2.40. The Labute approximate surface area is 157 Å². The largest absolute Gasteiger partial charge is 0.365 e. The number of hydrogen-bond acceptors (Lipinski definition) is 7. The highest BCUT2D eigenvalue weighted by Crippen LogP contribution is 2.34. The van der Waals surface area contributed by atoms with E-state index in [0.717, 1.165) is 23.3 Å². The molecule has 0 bridgehead atoms. The molecule has 0 saturated heterocycles. The highest BCUT2D eigenvalue weighted by atomic mass is 32.1. The van der Waals surface area contributed by atoms with Gasteiger partial charge in [-0.05, 0) is 43.4 Å². The second kappa shape index (κ2) is 7.31. The summed E-state index contributed by atoms with van der Waals surface area (Å²) < 4.78 is 46.2. The number of rotatable bonds is 5. The number of nitrogens with zero attached hydrogens (tertiary/aromatic N) is 2. The van der Waals surface area contributed by atoms with Crippen molar-refractivity contribution in [2.45, 2.75) is 44.2 Å². The number of carbonyl (C=O) groups is 1. The molecule has 0 radical (unpaired) electrons. The SMILES string of the molecule is Cc1cc(Nc2nc(N[C@@H]3CCCC(F)(F)[C@@H]3N)c(F)cc2C(N)=O)sn1. The van der Waals surface area contributed by atoms with Crippen LogP contribution >= 0.6 is 11.5 Å². The van der Waals surface area contributed by atoms with Crippen molar-refractivity contribution in [1.29, 1.82) is 0 Å². The van der Waals surface area contributed by atoms with E-state index in [-0.39, 0.29) is 30.0 Å². The maximum absolute atomic E-state index is 14.4. The topological polar surface area (TPSA) is 119 Å². The van der Waals surface area contributed by atoms with Gasteiger partial charge in [-0.1, -0.05) is 0 Å². The monoisotopic (exact) mass is 400 g/mol. The highest BCUT2D eigenvalue weighted by molar-refractivity contribution is 7.10. The molecule has 27 heavy (non-hydrogen) atoms. The second-order valence-electron chi connectivity index (χ2n) is 6.47. The molecular weight excluding hydrogens is 381 g/mol. The van der Waals surface area contributed by atoms with Crippen LogP contribution in [0.3, 0.4) is 0 Å².